The van der Waals surface area contributed by atoms with Gasteiger partial charge < -0.3 is 10.7 Å². The molecule has 0 fully saturated rings. The van der Waals surface area contributed by atoms with E-state index < -0.39 is 11.6 Å². The number of fused-ring (bicyclic) bond motifs is 1. The SMILES string of the molecule is NCc1c(F)cc2[nH]cc(Cl)c2c1F. The lowest BCUT2D eigenvalue weighted by Gasteiger charge is -2.03. The summed E-state index contributed by atoms with van der Waals surface area (Å²) in [6, 6.07) is 1.19. The second kappa shape index (κ2) is 3.22. The number of aromatic amines is 1. The Bertz CT molecular complexity index is 493. The van der Waals surface area contributed by atoms with E-state index in [4.69, 9.17) is 17.3 Å². The summed E-state index contributed by atoms with van der Waals surface area (Å²) in [5.74, 6) is -1.34. The largest absolute Gasteiger partial charge is 0.360 e. The highest BCUT2D eigenvalue weighted by Gasteiger charge is 2.15. The van der Waals surface area contributed by atoms with Gasteiger partial charge in [0.1, 0.15) is 11.6 Å². The van der Waals surface area contributed by atoms with E-state index in [1.165, 1.54) is 12.3 Å². The Balaban J connectivity index is 2.89. The number of H-pyrrole nitrogens is 1. The van der Waals surface area contributed by atoms with Crippen molar-refractivity contribution >= 4 is 22.5 Å². The van der Waals surface area contributed by atoms with Gasteiger partial charge in [0.2, 0.25) is 0 Å². The molecule has 0 unspecified atom stereocenters. The first kappa shape index (κ1) is 9.43. The normalized spacial score (nSPS) is 11.1. The maximum Gasteiger partial charge on any atom is 0.141 e. The molecule has 3 N–H and O–H groups in total. The average molecular weight is 217 g/mol. The first-order valence-electron chi connectivity index (χ1n) is 3.98. The van der Waals surface area contributed by atoms with Crippen molar-refractivity contribution in [3.8, 4) is 0 Å². The number of hydrogen-bond donors (Lipinski definition) is 2. The van der Waals surface area contributed by atoms with Crippen LogP contribution >= 0.6 is 11.6 Å². The van der Waals surface area contributed by atoms with Crippen molar-refractivity contribution in [2.24, 2.45) is 5.73 Å². The van der Waals surface area contributed by atoms with Gasteiger partial charge in [0.05, 0.1) is 15.9 Å². The molecule has 0 bridgehead atoms. The molecule has 0 atom stereocenters. The van der Waals surface area contributed by atoms with Gasteiger partial charge in [-0.1, -0.05) is 11.6 Å². The Morgan fingerprint density at radius 2 is 2.14 bits per heavy atom. The van der Waals surface area contributed by atoms with Crippen LogP contribution in [-0.4, -0.2) is 4.98 Å². The molecule has 2 rings (SSSR count). The van der Waals surface area contributed by atoms with Gasteiger partial charge in [-0.25, -0.2) is 8.78 Å². The Labute approximate surface area is 83.7 Å². The molecule has 1 aromatic carbocycles. The van der Waals surface area contributed by atoms with Gasteiger partial charge in [0, 0.05) is 18.3 Å². The van der Waals surface area contributed by atoms with Crippen LogP contribution in [0.5, 0.6) is 0 Å². The molecule has 0 saturated heterocycles. The summed E-state index contributed by atoms with van der Waals surface area (Å²) in [6.45, 7) is -0.185. The summed E-state index contributed by atoms with van der Waals surface area (Å²) in [5.41, 5.74) is 5.42. The van der Waals surface area contributed by atoms with Gasteiger partial charge in [-0.15, -0.1) is 0 Å². The molecule has 0 spiro atoms. The highest BCUT2D eigenvalue weighted by atomic mass is 35.5. The highest BCUT2D eigenvalue weighted by molar-refractivity contribution is 6.35. The molecule has 1 heterocycles. The Hall–Kier alpha value is -1.13. The van der Waals surface area contributed by atoms with Gasteiger partial charge in [0.15, 0.2) is 0 Å². The van der Waals surface area contributed by atoms with Crippen LogP contribution in [0.2, 0.25) is 5.02 Å². The lowest BCUT2D eigenvalue weighted by Crippen LogP contribution is -2.03. The van der Waals surface area contributed by atoms with Crippen LogP contribution in [0.3, 0.4) is 0 Å². The van der Waals surface area contributed by atoms with E-state index >= 15 is 0 Å². The number of halogens is 3. The topological polar surface area (TPSA) is 41.8 Å². The van der Waals surface area contributed by atoms with Crippen molar-refractivity contribution in [2.75, 3.05) is 0 Å². The summed E-state index contributed by atoms with van der Waals surface area (Å²) >= 11 is 5.72. The van der Waals surface area contributed by atoms with Crippen molar-refractivity contribution in [1.29, 1.82) is 0 Å². The number of nitrogens with one attached hydrogen (secondary N) is 1. The van der Waals surface area contributed by atoms with Crippen LogP contribution in [0.1, 0.15) is 5.56 Å². The first-order chi connectivity index (χ1) is 6.65. The predicted molar refractivity (Wildman–Crippen MR) is 51.1 cm³/mol. The number of nitrogens with two attached hydrogens (primary N) is 1. The molecule has 1 aromatic heterocycles. The maximum absolute atomic E-state index is 13.6. The Kier molecular flexibility index (Phi) is 2.17. The molecule has 0 saturated carbocycles. The van der Waals surface area contributed by atoms with Crippen molar-refractivity contribution < 1.29 is 8.78 Å². The third kappa shape index (κ3) is 1.19. The first-order valence-corrected chi connectivity index (χ1v) is 4.36. The molecule has 2 aromatic rings. The molecule has 5 heteroatoms. The van der Waals surface area contributed by atoms with Crippen LogP contribution in [0.25, 0.3) is 10.9 Å². The molecule has 0 aliphatic rings. The van der Waals surface area contributed by atoms with E-state index in [0.717, 1.165) is 0 Å². The summed E-state index contributed by atoms with van der Waals surface area (Å²) in [4.78, 5) is 2.67. The lowest BCUT2D eigenvalue weighted by molar-refractivity contribution is 0.565. The minimum atomic E-state index is -0.686. The third-order valence-electron chi connectivity index (χ3n) is 2.11. The zero-order valence-corrected chi connectivity index (χ0v) is 7.83. The second-order valence-corrected chi connectivity index (χ2v) is 3.32. The van der Waals surface area contributed by atoms with Crippen LogP contribution in [0.4, 0.5) is 8.78 Å². The number of aromatic nitrogens is 1. The fraction of sp³-hybridized carbons (Fsp3) is 0.111. The van der Waals surface area contributed by atoms with Gasteiger partial charge in [-0.3, -0.25) is 0 Å². The standard InChI is InChI=1S/C9H7ClF2N2/c10-5-3-14-7-1-6(11)4(2-13)9(12)8(5)7/h1,3,14H,2,13H2. The van der Waals surface area contributed by atoms with E-state index in [-0.39, 0.29) is 22.5 Å². The predicted octanol–water partition coefficient (Wildman–Crippen LogP) is 2.56. The molecule has 0 amide bonds. The molecule has 0 aliphatic heterocycles. The zero-order valence-electron chi connectivity index (χ0n) is 7.07. The number of rotatable bonds is 1. The van der Waals surface area contributed by atoms with Gasteiger partial charge in [-0.2, -0.15) is 0 Å². The van der Waals surface area contributed by atoms with Crippen molar-refractivity contribution in [3.63, 3.8) is 0 Å². The summed E-state index contributed by atoms with van der Waals surface area (Å²) in [7, 11) is 0. The van der Waals surface area contributed by atoms with Gasteiger partial charge in [0.25, 0.3) is 0 Å². The number of hydrogen-bond acceptors (Lipinski definition) is 1. The Morgan fingerprint density at radius 1 is 1.43 bits per heavy atom. The summed E-state index contributed by atoms with van der Waals surface area (Å²) in [5, 5.41) is 0.417. The van der Waals surface area contributed by atoms with Crippen LogP contribution in [0, 0.1) is 11.6 Å². The molecule has 0 radical (unpaired) electrons. The Morgan fingerprint density at radius 3 is 2.79 bits per heavy atom. The maximum atomic E-state index is 13.6. The summed E-state index contributed by atoms with van der Waals surface area (Å²) in [6.07, 6.45) is 1.41. The van der Waals surface area contributed by atoms with Crippen LogP contribution in [0.15, 0.2) is 12.3 Å². The smallest absolute Gasteiger partial charge is 0.141 e. The fourth-order valence-corrected chi connectivity index (χ4v) is 1.65. The molecule has 0 aliphatic carbocycles. The van der Waals surface area contributed by atoms with Crippen molar-refractivity contribution in [3.05, 3.63) is 34.5 Å². The van der Waals surface area contributed by atoms with Crippen LogP contribution in [-0.2, 0) is 6.54 Å². The van der Waals surface area contributed by atoms with E-state index in [0.29, 0.717) is 5.52 Å². The fourth-order valence-electron chi connectivity index (χ4n) is 1.41. The third-order valence-corrected chi connectivity index (χ3v) is 2.41. The average Bonchev–Trinajstić information content (AvgIpc) is 2.48. The van der Waals surface area contributed by atoms with E-state index in [9.17, 15) is 8.78 Å². The second-order valence-electron chi connectivity index (χ2n) is 2.91. The molecular formula is C9H7ClF2N2. The van der Waals surface area contributed by atoms with Crippen LogP contribution < -0.4 is 5.73 Å². The minimum absolute atomic E-state index is 0.140. The molecule has 2 nitrogen and oxygen atoms in total. The van der Waals surface area contributed by atoms with Crippen molar-refractivity contribution in [2.45, 2.75) is 6.54 Å². The molecule has 14 heavy (non-hydrogen) atoms. The minimum Gasteiger partial charge on any atom is -0.360 e. The van der Waals surface area contributed by atoms with E-state index in [1.807, 2.05) is 0 Å². The van der Waals surface area contributed by atoms with E-state index in [1.54, 1.807) is 0 Å². The monoisotopic (exact) mass is 216 g/mol. The van der Waals surface area contributed by atoms with E-state index in [2.05, 4.69) is 4.98 Å². The molecule has 74 valence electrons. The van der Waals surface area contributed by atoms with Gasteiger partial charge >= 0.3 is 0 Å². The van der Waals surface area contributed by atoms with Crippen molar-refractivity contribution in [1.82, 2.24) is 4.98 Å². The quantitative estimate of drug-likeness (QED) is 0.756. The zero-order chi connectivity index (χ0) is 10.3. The summed E-state index contributed by atoms with van der Waals surface area (Å²) < 4.78 is 26.8. The lowest BCUT2D eigenvalue weighted by atomic mass is 10.1. The van der Waals surface area contributed by atoms with Gasteiger partial charge in [-0.05, 0) is 6.07 Å². The molecular weight excluding hydrogens is 210 g/mol. The highest BCUT2D eigenvalue weighted by Crippen LogP contribution is 2.29. The number of benzene rings is 1.